The van der Waals surface area contributed by atoms with E-state index in [0.29, 0.717) is 27.8 Å². The van der Waals surface area contributed by atoms with Crippen molar-refractivity contribution < 1.29 is 9.53 Å². The maximum atomic E-state index is 12.1. The van der Waals surface area contributed by atoms with Crippen LogP contribution in [-0.4, -0.2) is 39.6 Å². The lowest BCUT2D eigenvalue weighted by molar-refractivity contribution is -0.118. The number of thioether (sulfide) groups is 1. The number of methoxy groups -OCH3 is 1. The van der Waals surface area contributed by atoms with Crippen molar-refractivity contribution in [2.24, 2.45) is 0 Å². The number of carbonyl (C=O) groups excluding carboxylic acids is 1. The average Bonchev–Trinajstić information content (AvgIpc) is 3.43. The van der Waals surface area contributed by atoms with E-state index in [-0.39, 0.29) is 11.7 Å². The van der Waals surface area contributed by atoms with Gasteiger partial charge in [-0.05, 0) is 49.2 Å². The number of rotatable bonds is 7. The SMILES string of the molecule is COc1ccccc1-c1nnc(SCC(=O)NC2CC2)n1-c1ccc(Cl)cc1. The van der Waals surface area contributed by atoms with E-state index in [1.807, 2.05) is 53.1 Å². The standard InChI is InChI=1S/C20H19ClN4O2S/c1-27-17-5-3-2-4-16(17)19-23-24-20(28-12-18(26)22-14-8-9-14)25(19)15-10-6-13(21)7-11-15/h2-7,10-11,14H,8-9,12H2,1H3,(H,22,26). The summed E-state index contributed by atoms with van der Waals surface area (Å²) in [6.07, 6.45) is 2.13. The Labute approximate surface area is 172 Å². The molecule has 144 valence electrons. The number of hydrogen-bond donors (Lipinski definition) is 1. The maximum absolute atomic E-state index is 12.1. The van der Waals surface area contributed by atoms with E-state index >= 15 is 0 Å². The lowest BCUT2D eigenvalue weighted by Gasteiger charge is -2.12. The van der Waals surface area contributed by atoms with E-state index in [1.54, 1.807) is 7.11 Å². The molecular formula is C20H19ClN4O2S. The van der Waals surface area contributed by atoms with Crippen molar-refractivity contribution in [3.05, 3.63) is 53.6 Å². The predicted octanol–water partition coefficient (Wildman–Crippen LogP) is 3.97. The van der Waals surface area contributed by atoms with Crippen LogP contribution in [-0.2, 0) is 4.79 Å². The number of amides is 1. The molecule has 1 aliphatic rings. The van der Waals surface area contributed by atoms with Crippen LogP contribution in [0.1, 0.15) is 12.8 Å². The number of nitrogens with one attached hydrogen (secondary N) is 1. The van der Waals surface area contributed by atoms with Gasteiger partial charge in [-0.1, -0.05) is 35.5 Å². The molecule has 0 radical (unpaired) electrons. The number of ether oxygens (including phenoxy) is 1. The number of hydrogen-bond acceptors (Lipinski definition) is 5. The molecule has 1 amide bonds. The Morgan fingerprint density at radius 1 is 1.21 bits per heavy atom. The van der Waals surface area contributed by atoms with E-state index in [4.69, 9.17) is 16.3 Å². The van der Waals surface area contributed by atoms with Crippen molar-refractivity contribution >= 4 is 29.3 Å². The first-order chi connectivity index (χ1) is 13.7. The van der Waals surface area contributed by atoms with Crippen LogP contribution in [0.3, 0.4) is 0 Å². The second kappa shape index (κ2) is 8.24. The number of aromatic nitrogens is 3. The van der Waals surface area contributed by atoms with Gasteiger partial charge in [-0.3, -0.25) is 9.36 Å². The highest BCUT2D eigenvalue weighted by atomic mass is 35.5. The topological polar surface area (TPSA) is 69.0 Å². The lowest BCUT2D eigenvalue weighted by atomic mass is 10.2. The third-order valence-corrected chi connectivity index (χ3v) is 5.52. The highest BCUT2D eigenvalue weighted by Gasteiger charge is 2.24. The minimum atomic E-state index is 0.0111. The number of benzene rings is 2. The molecule has 1 heterocycles. The summed E-state index contributed by atoms with van der Waals surface area (Å²) in [5.41, 5.74) is 1.68. The Balaban J connectivity index is 1.70. The van der Waals surface area contributed by atoms with Crippen LogP contribution in [0.2, 0.25) is 5.02 Å². The van der Waals surface area contributed by atoms with Crippen LogP contribution in [0.25, 0.3) is 17.1 Å². The average molecular weight is 415 g/mol. The number of nitrogens with zero attached hydrogens (tertiary/aromatic N) is 3. The largest absolute Gasteiger partial charge is 0.496 e. The summed E-state index contributed by atoms with van der Waals surface area (Å²) in [5.74, 6) is 1.64. The minimum absolute atomic E-state index is 0.0111. The summed E-state index contributed by atoms with van der Waals surface area (Å²) in [5, 5.41) is 13.0. The monoisotopic (exact) mass is 414 g/mol. The van der Waals surface area contributed by atoms with E-state index in [2.05, 4.69) is 15.5 Å². The van der Waals surface area contributed by atoms with Gasteiger partial charge in [-0.25, -0.2) is 0 Å². The molecule has 0 saturated heterocycles. The van der Waals surface area contributed by atoms with Crippen molar-refractivity contribution in [2.45, 2.75) is 24.0 Å². The summed E-state index contributed by atoms with van der Waals surface area (Å²) in [6.45, 7) is 0. The maximum Gasteiger partial charge on any atom is 0.230 e. The van der Waals surface area contributed by atoms with Gasteiger partial charge in [-0.15, -0.1) is 10.2 Å². The molecule has 28 heavy (non-hydrogen) atoms. The van der Waals surface area contributed by atoms with Gasteiger partial charge in [-0.2, -0.15) is 0 Å². The zero-order valence-electron chi connectivity index (χ0n) is 15.3. The highest BCUT2D eigenvalue weighted by Crippen LogP contribution is 2.33. The first-order valence-corrected chi connectivity index (χ1v) is 10.3. The quantitative estimate of drug-likeness (QED) is 0.592. The van der Waals surface area contributed by atoms with Crippen LogP contribution in [0.15, 0.2) is 53.7 Å². The van der Waals surface area contributed by atoms with Crippen molar-refractivity contribution in [1.29, 1.82) is 0 Å². The molecule has 8 heteroatoms. The molecule has 1 fully saturated rings. The third kappa shape index (κ3) is 4.15. The summed E-state index contributed by atoms with van der Waals surface area (Å²) in [4.78, 5) is 12.1. The lowest BCUT2D eigenvalue weighted by Crippen LogP contribution is -2.27. The Kier molecular flexibility index (Phi) is 5.54. The number of para-hydroxylation sites is 1. The van der Waals surface area contributed by atoms with Crippen LogP contribution < -0.4 is 10.1 Å². The molecule has 1 N–H and O–H groups in total. The summed E-state index contributed by atoms with van der Waals surface area (Å²) >= 11 is 7.41. The summed E-state index contributed by atoms with van der Waals surface area (Å²) in [6, 6.07) is 15.4. The molecule has 2 aromatic carbocycles. The van der Waals surface area contributed by atoms with Crippen LogP contribution in [0, 0.1) is 0 Å². The van der Waals surface area contributed by atoms with Gasteiger partial charge in [0.2, 0.25) is 5.91 Å². The zero-order chi connectivity index (χ0) is 19.5. The molecule has 4 rings (SSSR count). The highest BCUT2D eigenvalue weighted by molar-refractivity contribution is 7.99. The molecular weight excluding hydrogens is 396 g/mol. The van der Waals surface area contributed by atoms with E-state index < -0.39 is 0 Å². The van der Waals surface area contributed by atoms with Crippen molar-refractivity contribution in [2.75, 3.05) is 12.9 Å². The molecule has 1 aliphatic carbocycles. The normalized spacial score (nSPS) is 13.4. The zero-order valence-corrected chi connectivity index (χ0v) is 16.8. The molecule has 0 bridgehead atoms. The molecule has 3 aromatic rings. The molecule has 0 aliphatic heterocycles. The molecule has 1 saturated carbocycles. The van der Waals surface area contributed by atoms with E-state index in [9.17, 15) is 4.79 Å². The Hall–Kier alpha value is -2.51. The van der Waals surface area contributed by atoms with Crippen molar-refractivity contribution in [3.63, 3.8) is 0 Å². The molecule has 0 unspecified atom stereocenters. The smallest absolute Gasteiger partial charge is 0.230 e. The Bertz CT molecular complexity index is 986. The van der Waals surface area contributed by atoms with Crippen molar-refractivity contribution in [1.82, 2.24) is 20.1 Å². The van der Waals surface area contributed by atoms with Gasteiger partial charge in [0.05, 0.1) is 18.4 Å². The van der Waals surface area contributed by atoms with Gasteiger partial charge < -0.3 is 10.1 Å². The predicted molar refractivity (Wildman–Crippen MR) is 110 cm³/mol. The molecule has 0 atom stereocenters. The van der Waals surface area contributed by atoms with E-state index in [1.165, 1.54) is 11.8 Å². The molecule has 1 aromatic heterocycles. The van der Waals surface area contributed by atoms with E-state index in [0.717, 1.165) is 24.1 Å². The first kappa shape index (κ1) is 18.8. The second-order valence-corrected chi connectivity index (χ2v) is 7.83. The Morgan fingerprint density at radius 2 is 1.96 bits per heavy atom. The van der Waals surface area contributed by atoms with Gasteiger partial charge in [0.15, 0.2) is 11.0 Å². The van der Waals surface area contributed by atoms with Gasteiger partial charge in [0.1, 0.15) is 5.75 Å². The fourth-order valence-corrected chi connectivity index (χ4v) is 3.71. The summed E-state index contributed by atoms with van der Waals surface area (Å²) in [7, 11) is 1.62. The number of carbonyl (C=O) groups is 1. The van der Waals surface area contributed by atoms with Crippen molar-refractivity contribution in [3.8, 4) is 22.8 Å². The van der Waals surface area contributed by atoms with Crippen LogP contribution >= 0.6 is 23.4 Å². The van der Waals surface area contributed by atoms with Crippen LogP contribution in [0.4, 0.5) is 0 Å². The number of halogens is 1. The first-order valence-electron chi connectivity index (χ1n) is 8.92. The fourth-order valence-electron chi connectivity index (χ4n) is 2.82. The van der Waals surface area contributed by atoms with Crippen LogP contribution in [0.5, 0.6) is 5.75 Å². The van der Waals surface area contributed by atoms with Gasteiger partial charge in [0.25, 0.3) is 0 Å². The van der Waals surface area contributed by atoms with Gasteiger partial charge in [0, 0.05) is 16.8 Å². The second-order valence-electron chi connectivity index (χ2n) is 6.45. The summed E-state index contributed by atoms with van der Waals surface area (Å²) < 4.78 is 7.41. The van der Waals surface area contributed by atoms with Gasteiger partial charge >= 0.3 is 0 Å². The fraction of sp³-hybridized carbons (Fsp3) is 0.250. The third-order valence-electron chi connectivity index (χ3n) is 4.34. The Morgan fingerprint density at radius 3 is 2.68 bits per heavy atom. The molecule has 0 spiro atoms. The minimum Gasteiger partial charge on any atom is -0.496 e. The molecule has 6 nitrogen and oxygen atoms in total.